The summed E-state index contributed by atoms with van der Waals surface area (Å²) in [5, 5.41) is 1.68. The van der Waals surface area contributed by atoms with Crippen LogP contribution in [0.3, 0.4) is 0 Å². The van der Waals surface area contributed by atoms with Crippen LogP contribution in [-0.4, -0.2) is 44.3 Å². The van der Waals surface area contributed by atoms with Crippen LogP contribution in [0.5, 0.6) is 0 Å². The summed E-state index contributed by atoms with van der Waals surface area (Å²) in [4.78, 5) is 27.9. The number of carbonyl (C=O) groups excluding carboxylic acids is 2. The molecular formula is C28H32N2O5S. The number of rotatable bonds is 8. The van der Waals surface area contributed by atoms with Gasteiger partial charge in [-0.15, -0.1) is 0 Å². The molecule has 36 heavy (non-hydrogen) atoms. The number of hydrogen-bond donors (Lipinski definition) is 1. The first-order valence-corrected chi connectivity index (χ1v) is 13.9. The molecule has 8 heteroatoms. The van der Waals surface area contributed by atoms with Crippen LogP contribution in [0.1, 0.15) is 44.1 Å². The van der Waals surface area contributed by atoms with Crippen molar-refractivity contribution in [1.82, 2.24) is 9.62 Å². The Labute approximate surface area is 212 Å². The topological polar surface area (TPSA) is 92.8 Å². The van der Waals surface area contributed by atoms with Gasteiger partial charge in [0.25, 0.3) is 0 Å². The third-order valence-electron chi connectivity index (χ3n) is 6.41. The maximum atomic E-state index is 13.5. The molecule has 1 atom stereocenters. The molecule has 1 fully saturated rings. The summed E-state index contributed by atoms with van der Waals surface area (Å²) in [5.41, 5.74) is 0.814. The second-order valence-corrected chi connectivity index (χ2v) is 10.8. The molecule has 0 unspecified atom stereocenters. The van der Waals surface area contributed by atoms with Gasteiger partial charge >= 0.3 is 5.97 Å². The second kappa shape index (κ2) is 12.1. The fraction of sp³-hybridized carbons (Fsp3) is 0.357. The summed E-state index contributed by atoms with van der Waals surface area (Å²) in [6.45, 7) is 1.15. The van der Waals surface area contributed by atoms with Crippen molar-refractivity contribution in [1.29, 1.82) is 0 Å². The first-order chi connectivity index (χ1) is 17.4. The summed E-state index contributed by atoms with van der Waals surface area (Å²) in [7, 11) is -4.07. The smallest absolute Gasteiger partial charge is 0.308 e. The van der Waals surface area contributed by atoms with Crippen molar-refractivity contribution in [2.75, 3.05) is 13.1 Å². The summed E-state index contributed by atoms with van der Waals surface area (Å²) in [6.07, 6.45) is 4.51. The van der Waals surface area contributed by atoms with Gasteiger partial charge in [-0.1, -0.05) is 79.9 Å². The van der Waals surface area contributed by atoms with Crippen molar-refractivity contribution in [2.24, 2.45) is 0 Å². The Morgan fingerprint density at radius 1 is 0.833 bits per heavy atom. The van der Waals surface area contributed by atoms with E-state index in [1.807, 2.05) is 54.6 Å². The van der Waals surface area contributed by atoms with E-state index in [1.165, 1.54) is 6.07 Å². The van der Waals surface area contributed by atoms with Crippen molar-refractivity contribution < 1.29 is 22.7 Å². The molecule has 0 spiro atoms. The van der Waals surface area contributed by atoms with E-state index in [1.54, 1.807) is 17.0 Å². The van der Waals surface area contributed by atoms with E-state index in [2.05, 4.69) is 4.72 Å². The molecule has 0 bridgehead atoms. The molecule has 7 nitrogen and oxygen atoms in total. The van der Waals surface area contributed by atoms with E-state index in [0.29, 0.717) is 13.1 Å². The number of likely N-dealkylation sites (tertiary alicyclic amines) is 1. The summed E-state index contributed by atoms with van der Waals surface area (Å²) >= 11 is 0. The number of esters is 1. The number of fused-ring (bicyclic) bond motifs is 1. The van der Waals surface area contributed by atoms with E-state index in [0.717, 1.165) is 48.4 Å². The fourth-order valence-electron chi connectivity index (χ4n) is 4.42. The standard InChI is InChI=1S/C28H32N2O5S/c31-27(35-21-22-11-5-4-6-12-22)20-26(28(32)30-17-9-2-1-3-10-18-30)29-36(33,34)25-16-15-23-13-7-8-14-24(23)19-25/h4-8,11-16,19,26,29H,1-3,9-10,17-18,20-21H2/t26-/m0/s1. The van der Waals surface area contributed by atoms with Gasteiger partial charge in [0.15, 0.2) is 0 Å². The zero-order valence-corrected chi connectivity index (χ0v) is 21.1. The highest BCUT2D eigenvalue weighted by molar-refractivity contribution is 7.89. The lowest BCUT2D eigenvalue weighted by molar-refractivity contribution is -0.148. The number of nitrogens with one attached hydrogen (secondary N) is 1. The van der Waals surface area contributed by atoms with E-state index >= 15 is 0 Å². The van der Waals surface area contributed by atoms with Crippen molar-refractivity contribution in [2.45, 2.75) is 56.1 Å². The molecule has 0 aromatic heterocycles. The van der Waals surface area contributed by atoms with Crippen LogP contribution in [0.25, 0.3) is 10.8 Å². The number of sulfonamides is 1. The Kier molecular flexibility index (Phi) is 8.72. The van der Waals surface area contributed by atoms with Crippen LogP contribution in [-0.2, 0) is 31.0 Å². The minimum absolute atomic E-state index is 0.0457. The zero-order valence-electron chi connectivity index (χ0n) is 20.3. The molecule has 1 heterocycles. The van der Waals surface area contributed by atoms with Crippen molar-refractivity contribution in [3.8, 4) is 0 Å². The molecule has 1 aliphatic rings. The van der Waals surface area contributed by atoms with Gasteiger partial charge in [-0.2, -0.15) is 4.72 Å². The van der Waals surface area contributed by atoms with E-state index in [9.17, 15) is 18.0 Å². The van der Waals surface area contributed by atoms with Crippen LogP contribution in [0.2, 0.25) is 0 Å². The maximum absolute atomic E-state index is 13.5. The van der Waals surface area contributed by atoms with Crippen molar-refractivity contribution in [3.63, 3.8) is 0 Å². The summed E-state index contributed by atoms with van der Waals surface area (Å²) < 4.78 is 34.5. The average molecular weight is 509 g/mol. The van der Waals surface area contributed by atoms with E-state index in [-0.39, 0.29) is 17.9 Å². The van der Waals surface area contributed by atoms with Gasteiger partial charge in [0.2, 0.25) is 15.9 Å². The van der Waals surface area contributed by atoms with Crippen LogP contribution in [0, 0.1) is 0 Å². The first-order valence-electron chi connectivity index (χ1n) is 12.4. The van der Waals surface area contributed by atoms with Crippen LogP contribution < -0.4 is 4.72 Å². The highest BCUT2D eigenvalue weighted by atomic mass is 32.2. The Morgan fingerprint density at radius 3 is 2.19 bits per heavy atom. The summed E-state index contributed by atoms with van der Waals surface area (Å²) in [5.74, 6) is -1.02. The van der Waals surface area contributed by atoms with Gasteiger partial charge in [-0.05, 0) is 41.3 Å². The molecule has 0 radical (unpaired) electrons. The molecule has 0 saturated carbocycles. The predicted octanol–water partition coefficient (Wildman–Crippen LogP) is 4.41. The number of nitrogens with zero attached hydrogens (tertiary/aromatic N) is 1. The number of benzene rings is 3. The van der Waals surface area contributed by atoms with Crippen LogP contribution in [0.4, 0.5) is 0 Å². The molecule has 1 aliphatic heterocycles. The minimum atomic E-state index is -4.07. The fourth-order valence-corrected chi connectivity index (χ4v) is 5.65. The second-order valence-electron chi connectivity index (χ2n) is 9.13. The molecule has 1 saturated heterocycles. The number of amides is 1. The van der Waals surface area contributed by atoms with Gasteiger partial charge in [0.1, 0.15) is 12.6 Å². The molecule has 3 aromatic rings. The molecule has 1 N–H and O–H groups in total. The molecule has 0 aliphatic carbocycles. The molecule has 1 amide bonds. The third kappa shape index (κ3) is 6.92. The Bertz CT molecular complexity index is 1290. The minimum Gasteiger partial charge on any atom is -0.461 e. The quantitative estimate of drug-likeness (QED) is 0.455. The first kappa shape index (κ1) is 25.9. The normalized spacial score (nSPS) is 15.6. The maximum Gasteiger partial charge on any atom is 0.308 e. The van der Waals surface area contributed by atoms with Gasteiger partial charge in [-0.25, -0.2) is 8.42 Å². The molecule has 4 rings (SSSR count). The van der Waals surface area contributed by atoms with Crippen LogP contribution >= 0.6 is 0 Å². The van der Waals surface area contributed by atoms with Gasteiger partial charge in [0, 0.05) is 13.1 Å². The predicted molar refractivity (Wildman–Crippen MR) is 139 cm³/mol. The SMILES string of the molecule is O=C(C[C@H](NS(=O)(=O)c1ccc2ccccc2c1)C(=O)N1CCCCCCC1)OCc1ccccc1. The Balaban J connectivity index is 1.53. The molecule has 3 aromatic carbocycles. The average Bonchev–Trinajstić information content (AvgIpc) is 2.87. The Hall–Kier alpha value is -3.23. The van der Waals surface area contributed by atoms with E-state index < -0.39 is 27.9 Å². The molecule has 190 valence electrons. The zero-order chi connectivity index (χ0) is 25.4. The number of ether oxygens (including phenoxy) is 1. The number of carbonyl (C=O) groups is 2. The van der Waals surface area contributed by atoms with Gasteiger partial charge < -0.3 is 9.64 Å². The monoisotopic (exact) mass is 508 g/mol. The largest absolute Gasteiger partial charge is 0.461 e. The van der Waals surface area contributed by atoms with Gasteiger partial charge in [-0.3, -0.25) is 9.59 Å². The highest BCUT2D eigenvalue weighted by Crippen LogP contribution is 2.20. The lowest BCUT2D eigenvalue weighted by Gasteiger charge is -2.29. The summed E-state index contributed by atoms with van der Waals surface area (Å²) in [6, 6.07) is 20.2. The van der Waals surface area contributed by atoms with Gasteiger partial charge in [0.05, 0.1) is 11.3 Å². The third-order valence-corrected chi connectivity index (χ3v) is 7.88. The van der Waals surface area contributed by atoms with Crippen molar-refractivity contribution >= 4 is 32.7 Å². The number of hydrogen-bond acceptors (Lipinski definition) is 5. The highest BCUT2D eigenvalue weighted by Gasteiger charge is 2.32. The van der Waals surface area contributed by atoms with E-state index in [4.69, 9.17) is 4.74 Å². The lowest BCUT2D eigenvalue weighted by Crippen LogP contribution is -2.50. The van der Waals surface area contributed by atoms with Crippen LogP contribution in [0.15, 0.2) is 77.7 Å². The Morgan fingerprint density at radius 2 is 1.47 bits per heavy atom. The van der Waals surface area contributed by atoms with Crippen molar-refractivity contribution in [3.05, 3.63) is 78.4 Å². The molecular weight excluding hydrogens is 476 g/mol. The lowest BCUT2D eigenvalue weighted by atomic mass is 10.1.